The summed E-state index contributed by atoms with van der Waals surface area (Å²) in [5, 5.41) is 0. The minimum Gasteiger partial charge on any atom is -0.474 e. The minimum atomic E-state index is -4.05. The smallest absolute Gasteiger partial charge is 0.324 e. The maximum Gasteiger partial charge on any atom is 0.324 e. The molecule has 0 aliphatic heterocycles. The summed E-state index contributed by atoms with van der Waals surface area (Å²) in [4.78, 5) is 16.8. The number of hydrogen-bond acceptors (Lipinski definition) is 6. The van der Waals surface area contributed by atoms with E-state index in [1.807, 2.05) is 13.8 Å². The Kier molecular flexibility index (Phi) is 19.4. The second kappa shape index (κ2) is 19.6. The van der Waals surface area contributed by atoms with Crippen molar-refractivity contribution >= 4 is 5.82 Å². The van der Waals surface area contributed by atoms with E-state index in [0.29, 0.717) is 11.6 Å². The van der Waals surface area contributed by atoms with Gasteiger partial charge in [-0.05, 0) is 39.0 Å². The summed E-state index contributed by atoms with van der Waals surface area (Å²) in [5.41, 5.74) is 1.54. The summed E-state index contributed by atoms with van der Waals surface area (Å²) in [7, 11) is 1.26. The molecule has 0 N–H and O–H groups in total. The van der Waals surface area contributed by atoms with Gasteiger partial charge in [-0.2, -0.15) is 8.78 Å². The third-order valence-electron chi connectivity index (χ3n) is 3.70. The van der Waals surface area contributed by atoms with Crippen LogP contribution >= 0.6 is 0 Å². The average molecular weight is 534 g/mol. The quantitative estimate of drug-likeness (QED) is 0.323. The number of ether oxygens (including phenoxy) is 1. The Bertz CT molecular complexity index is 792. The monoisotopic (exact) mass is 533 g/mol. The first kappa shape index (κ1) is 36.6. The van der Waals surface area contributed by atoms with Crippen molar-refractivity contribution < 1.29 is 22.3 Å². The minimum absolute atomic E-state index is 0.130. The number of aryl methyl sites for hydroxylation is 2. The van der Waals surface area contributed by atoms with Crippen molar-refractivity contribution in [2.24, 2.45) is 11.8 Å². The fourth-order valence-electron chi connectivity index (χ4n) is 2.16. The molecule has 0 saturated heterocycles. The molecule has 0 fully saturated rings. The topological polar surface area (TPSA) is 64.0 Å². The molecule has 1 atom stereocenters. The average Bonchev–Trinajstić information content (AvgIpc) is 2.75. The van der Waals surface area contributed by atoms with Gasteiger partial charge < -0.3 is 9.64 Å². The molecule has 2 aromatic rings. The van der Waals surface area contributed by atoms with Crippen LogP contribution in [0.25, 0.3) is 0 Å². The Morgan fingerprint density at radius 2 is 1.27 bits per heavy atom. The molecular weight excluding hydrogens is 486 g/mol. The lowest BCUT2D eigenvalue weighted by atomic mass is 10.2. The van der Waals surface area contributed by atoms with Crippen LogP contribution in [-0.4, -0.2) is 52.0 Å². The molecule has 0 spiro atoms. The van der Waals surface area contributed by atoms with Crippen molar-refractivity contribution in [3.63, 3.8) is 0 Å². The van der Waals surface area contributed by atoms with Crippen LogP contribution in [-0.2, 0) is 0 Å². The van der Waals surface area contributed by atoms with Crippen LogP contribution in [0, 0.1) is 25.7 Å². The van der Waals surface area contributed by atoms with E-state index < -0.39 is 18.9 Å². The number of anilines is 1. The first-order valence-corrected chi connectivity index (χ1v) is 12.6. The molecule has 10 heteroatoms. The second-order valence-electron chi connectivity index (χ2n) is 10.1. The van der Waals surface area contributed by atoms with E-state index in [1.54, 1.807) is 19.3 Å². The largest absolute Gasteiger partial charge is 0.474 e. The van der Waals surface area contributed by atoms with Gasteiger partial charge in [0.25, 0.3) is 0 Å². The zero-order valence-electron chi connectivity index (χ0n) is 24.4. The maximum atomic E-state index is 12.7. The fourth-order valence-corrected chi connectivity index (χ4v) is 2.16. The first-order valence-electron chi connectivity index (χ1n) is 12.6. The number of alkyl halides is 4. The van der Waals surface area contributed by atoms with Gasteiger partial charge in [0.1, 0.15) is 5.82 Å². The third-order valence-corrected chi connectivity index (χ3v) is 3.70. The highest BCUT2D eigenvalue weighted by Crippen LogP contribution is 2.24. The van der Waals surface area contributed by atoms with Crippen LogP contribution in [0.2, 0.25) is 0 Å². The summed E-state index contributed by atoms with van der Waals surface area (Å²) in [6.07, 6.45) is 4.74. The molecule has 0 aliphatic rings. The first-order chi connectivity index (χ1) is 17.0. The van der Waals surface area contributed by atoms with Gasteiger partial charge >= 0.3 is 12.3 Å². The van der Waals surface area contributed by atoms with Gasteiger partial charge in [-0.1, -0.05) is 54.9 Å². The molecule has 0 bridgehead atoms. The maximum absolute atomic E-state index is 12.7. The molecule has 0 amide bonds. The number of rotatable bonds is 8. The molecule has 0 saturated carbocycles. The predicted octanol–water partition coefficient (Wildman–Crippen LogP) is 7.80. The van der Waals surface area contributed by atoms with E-state index in [2.05, 4.69) is 68.4 Å². The molecule has 6 nitrogen and oxygen atoms in total. The molecule has 2 heterocycles. The summed E-state index contributed by atoms with van der Waals surface area (Å²) in [6, 6.07) is 0. The molecule has 0 aliphatic carbocycles. The Labute approximate surface area is 221 Å². The summed E-state index contributed by atoms with van der Waals surface area (Å²) < 4.78 is 54.9. The summed E-state index contributed by atoms with van der Waals surface area (Å²) in [5.74, 6) is -1.64. The molecule has 2 rings (SSSR count). The van der Waals surface area contributed by atoms with E-state index in [0.717, 1.165) is 35.3 Å². The van der Waals surface area contributed by atoms with Crippen LogP contribution in [0.3, 0.4) is 0 Å². The number of hydrogen-bond donors (Lipinski definition) is 0. The number of nitrogens with zero attached hydrogens (tertiary/aromatic N) is 5. The number of halogens is 4. The van der Waals surface area contributed by atoms with Crippen LogP contribution in [0.5, 0.6) is 5.88 Å². The Morgan fingerprint density at radius 3 is 1.62 bits per heavy atom. The van der Waals surface area contributed by atoms with E-state index in [4.69, 9.17) is 4.74 Å². The fraction of sp³-hybridized carbons (Fsp3) is 0.704. The van der Waals surface area contributed by atoms with Crippen molar-refractivity contribution in [1.29, 1.82) is 0 Å². The highest BCUT2D eigenvalue weighted by molar-refractivity contribution is 5.34. The van der Waals surface area contributed by atoms with Crippen molar-refractivity contribution in [3.8, 4) is 5.88 Å². The standard InChI is InChI=1S/C10H16N2O.C9H11F4N3.2C4H10/c1-4-5-9(3)13-10-7-11-8(2)6-12-10;1-6-3-15-7(4-14-6)16(2)5-9(12,13)8(10)11;2*1-4(2)3/h6-7,9H,4-5H2,1-3H3;3-4,8H,5H2,1-2H3;2*4H,1-3H3. The van der Waals surface area contributed by atoms with Gasteiger partial charge in [0.15, 0.2) is 0 Å². The van der Waals surface area contributed by atoms with Crippen molar-refractivity contribution in [2.75, 3.05) is 18.5 Å². The van der Waals surface area contributed by atoms with Crippen molar-refractivity contribution in [1.82, 2.24) is 19.9 Å². The van der Waals surface area contributed by atoms with Crippen LogP contribution in [0.4, 0.5) is 23.4 Å². The van der Waals surface area contributed by atoms with E-state index >= 15 is 0 Å². The molecule has 0 aromatic carbocycles. The molecule has 214 valence electrons. The lowest BCUT2D eigenvalue weighted by Gasteiger charge is -2.23. The van der Waals surface area contributed by atoms with Crippen LogP contribution in [0.15, 0.2) is 24.8 Å². The highest BCUT2D eigenvalue weighted by Gasteiger charge is 2.42. The SMILES string of the molecule is CC(C)C.CC(C)C.CCCC(C)Oc1cnc(C)cn1.Cc1cnc(N(C)CC(F)(F)C(F)F)cn1. The van der Waals surface area contributed by atoms with E-state index in [-0.39, 0.29) is 11.9 Å². The highest BCUT2D eigenvalue weighted by atomic mass is 19.3. The molecule has 1 unspecified atom stereocenters. The Hall–Kier alpha value is -2.52. The van der Waals surface area contributed by atoms with Crippen molar-refractivity contribution in [2.45, 2.75) is 101 Å². The lowest BCUT2D eigenvalue weighted by Crippen LogP contribution is -2.40. The van der Waals surface area contributed by atoms with E-state index in [9.17, 15) is 17.6 Å². The normalized spacial score (nSPS) is 11.5. The lowest BCUT2D eigenvalue weighted by molar-refractivity contribution is -0.120. The van der Waals surface area contributed by atoms with Gasteiger partial charge in [-0.15, -0.1) is 0 Å². The van der Waals surface area contributed by atoms with Gasteiger partial charge in [0.2, 0.25) is 5.88 Å². The molecule has 2 aromatic heterocycles. The van der Waals surface area contributed by atoms with Gasteiger partial charge in [0.05, 0.1) is 48.8 Å². The third kappa shape index (κ3) is 21.3. The van der Waals surface area contributed by atoms with Gasteiger partial charge in [0, 0.05) is 7.05 Å². The van der Waals surface area contributed by atoms with Gasteiger partial charge in [-0.3, -0.25) is 9.97 Å². The number of aromatic nitrogens is 4. The summed E-state index contributed by atoms with van der Waals surface area (Å²) >= 11 is 0. The van der Waals surface area contributed by atoms with Crippen LogP contribution < -0.4 is 9.64 Å². The van der Waals surface area contributed by atoms with Crippen LogP contribution in [0.1, 0.15) is 79.6 Å². The Balaban J connectivity index is 0. The second-order valence-corrected chi connectivity index (χ2v) is 10.1. The van der Waals surface area contributed by atoms with Crippen molar-refractivity contribution in [3.05, 3.63) is 36.2 Å². The molecule has 0 radical (unpaired) electrons. The predicted molar refractivity (Wildman–Crippen MR) is 144 cm³/mol. The zero-order valence-corrected chi connectivity index (χ0v) is 24.4. The molecule has 37 heavy (non-hydrogen) atoms. The summed E-state index contributed by atoms with van der Waals surface area (Å²) in [6.45, 7) is 19.7. The van der Waals surface area contributed by atoms with Gasteiger partial charge in [-0.25, -0.2) is 18.7 Å². The van der Waals surface area contributed by atoms with E-state index in [1.165, 1.54) is 19.4 Å². The molecular formula is C27H47F4N5O. The Morgan fingerprint density at radius 1 is 0.811 bits per heavy atom. The zero-order chi connectivity index (χ0) is 29.2.